The monoisotopic (exact) mass is 319 g/mol. The summed E-state index contributed by atoms with van der Waals surface area (Å²) >= 11 is 0. The summed E-state index contributed by atoms with van der Waals surface area (Å²) in [7, 11) is -3.97. The van der Waals surface area contributed by atoms with E-state index in [1.807, 2.05) is 0 Å². The highest BCUT2D eigenvalue weighted by atomic mass is 32.2. The van der Waals surface area contributed by atoms with Gasteiger partial charge in [-0.05, 0) is 32.1 Å². The van der Waals surface area contributed by atoms with E-state index in [0.717, 1.165) is 23.6 Å². The highest BCUT2D eigenvalue weighted by Gasteiger charge is 2.51. The maximum Gasteiger partial charge on any atom is 0.322 e. The molecule has 0 aromatic heterocycles. The van der Waals surface area contributed by atoms with Crippen LogP contribution in [-0.4, -0.2) is 54.2 Å². The van der Waals surface area contributed by atoms with Gasteiger partial charge in [-0.1, -0.05) is 12.8 Å². The van der Waals surface area contributed by atoms with E-state index in [0.29, 0.717) is 12.8 Å². The van der Waals surface area contributed by atoms with Gasteiger partial charge >= 0.3 is 11.9 Å². The highest BCUT2D eigenvalue weighted by Crippen LogP contribution is 2.41. The molecule has 1 N–H and O–H groups in total. The number of hydrogen-bond acceptors (Lipinski definition) is 5. The number of nitrogens with zero attached hydrogens (tertiary/aromatic N) is 1. The molecule has 1 aliphatic heterocycles. The number of sulfonamides is 1. The average Bonchev–Trinajstić information content (AvgIpc) is 2.78. The van der Waals surface area contributed by atoms with E-state index in [9.17, 15) is 23.1 Å². The molecule has 0 aromatic rings. The van der Waals surface area contributed by atoms with Gasteiger partial charge in [-0.25, -0.2) is 8.42 Å². The van der Waals surface area contributed by atoms with Crippen LogP contribution in [-0.2, 0) is 24.3 Å². The van der Waals surface area contributed by atoms with Gasteiger partial charge in [0, 0.05) is 6.04 Å². The molecule has 0 aromatic carbocycles. The molecule has 1 saturated carbocycles. The van der Waals surface area contributed by atoms with Crippen LogP contribution in [0.5, 0.6) is 0 Å². The lowest BCUT2D eigenvalue weighted by Gasteiger charge is -2.31. The normalized spacial score (nSPS) is 29.9. The quantitative estimate of drug-likeness (QED) is 0.745. The van der Waals surface area contributed by atoms with Crippen molar-refractivity contribution in [2.24, 2.45) is 5.92 Å². The van der Waals surface area contributed by atoms with Crippen molar-refractivity contribution in [1.82, 2.24) is 4.31 Å². The largest absolute Gasteiger partial charge is 0.480 e. The van der Waals surface area contributed by atoms with Crippen LogP contribution in [0.2, 0.25) is 0 Å². The fourth-order valence-corrected chi connectivity index (χ4v) is 5.24. The third-order valence-electron chi connectivity index (χ3n) is 4.24. The van der Waals surface area contributed by atoms with Crippen LogP contribution in [0, 0.1) is 5.92 Å². The molecule has 0 bridgehead atoms. The van der Waals surface area contributed by atoms with Crippen molar-refractivity contribution in [1.29, 1.82) is 0 Å². The lowest BCUT2D eigenvalue weighted by Crippen LogP contribution is -2.48. The SMILES string of the molecule is CCOC(=O)CS(=O)(=O)N1C(C(=O)O)CC2CCCCC21. The number of rotatable bonds is 5. The van der Waals surface area contributed by atoms with E-state index in [1.54, 1.807) is 6.92 Å². The van der Waals surface area contributed by atoms with Crippen molar-refractivity contribution in [3.63, 3.8) is 0 Å². The topological polar surface area (TPSA) is 101 Å². The van der Waals surface area contributed by atoms with Crippen molar-refractivity contribution in [3.8, 4) is 0 Å². The molecule has 0 amide bonds. The summed E-state index contributed by atoms with van der Waals surface area (Å²) in [5.41, 5.74) is 0. The van der Waals surface area contributed by atoms with E-state index in [4.69, 9.17) is 0 Å². The van der Waals surface area contributed by atoms with E-state index in [2.05, 4.69) is 4.74 Å². The van der Waals surface area contributed by atoms with Gasteiger partial charge in [-0.3, -0.25) is 9.59 Å². The lowest BCUT2D eigenvalue weighted by atomic mass is 9.85. The minimum absolute atomic E-state index is 0.0804. The summed E-state index contributed by atoms with van der Waals surface area (Å²) in [6, 6.07) is -1.35. The molecule has 2 rings (SSSR count). The molecule has 3 unspecified atom stereocenters. The number of aliphatic carboxylic acids is 1. The smallest absolute Gasteiger partial charge is 0.322 e. The number of carbonyl (C=O) groups is 2. The molecular formula is C13H21NO6S. The fraction of sp³-hybridized carbons (Fsp3) is 0.846. The van der Waals surface area contributed by atoms with Crippen LogP contribution in [0.15, 0.2) is 0 Å². The molecule has 3 atom stereocenters. The van der Waals surface area contributed by atoms with E-state index >= 15 is 0 Å². The number of carbonyl (C=O) groups excluding carboxylic acids is 1. The van der Waals surface area contributed by atoms with E-state index < -0.39 is 33.8 Å². The standard InChI is InChI=1S/C13H21NO6S/c1-2-20-12(15)8-21(18,19)14-10-6-4-3-5-9(10)7-11(14)13(16)17/h9-11H,2-8H2,1H3,(H,16,17). The molecule has 2 fully saturated rings. The molecule has 7 nitrogen and oxygen atoms in total. The highest BCUT2D eigenvalue weighted by molar-refractivity contribution is 7.89. The Bertz CT molecular complexity index is 517. The summed E-state index contributed by atoms with van der Waals surface area (Å²) < 4.78 is 30.6. The predicted octanol–water partition coefficient (Wildman–Crippen LogP) is 0.597. The van der Waals surface area contributed by atoms with Crippen molar-refractivity contribution >= 4 is 22.0 Å². The Morgan fingerprint density at radius 1 is 1.29 bits per heavy atom. The number of carboxylic acid groups (broad SMARTS) is 1. The van der Waals surface area contributed by atoms with Crippen LogP contribution in [0.4, 0.5) is 0 Å². The molecular weight excluding hydrogens is 298 g/mol. The fourth-order valence-electron chi connectivity index (χ4n) is 3.46. The molecule has 120 valence electrons. The van der Waals surface area contributed by atoms with Gasteiger partial charge in [0.15, 0.2) is 5.75 Å². The Labute approximate surface area is 124 Å². The van der Waals surface area contributed by atoms with Crippen molar-refractivity contribution in [3.05, 3.63) is 0 Å². The molecule has 2 aliphatic rings. The Morgan fingerprint density at radius 2 is 1.95 bits per heavy atom. The molecule has 1 heterocycles. The summed E-state index contributed by atoms with van der Waals surface area (Å²) in [5.74, 6) is -2.68. The zero-order chi connectivity index (χ0) is 15.6. The molecule has 8 heteroatoms. The first-order chi connectivity index (χ1) is 9.86. The first-order valence-corrected chi connectivity index (χ1v) is 8.87. The number of carboxylic acids is 1. The van der Waals surface area contributed by atoms with Crippen LogP contribution in [0.3, 0.4) is 0 Å². The number of fused-ring (bicyclic) bond motifs is 1. The third kappa shape index (κ3) is 3.37. The Kier molecular flexibility index (Phi) is 4.88. The van der Waals surface area contributed by atoms with Crippen LogP contribution in [0.25, 0.3) is 0 Å². The van der Waals surface area contributed by atoms with Gasteiger partial charge in [0.05, 0.1) is 6.61 Å². The molecule has 1 saturated heterocycles. The maximum absolute atomic E-state index is 12.4. The summed E-state index contributed by atoms with van der Waals surface area (Å²) in [5, 5.41) is 9.31. The van der Waals surface area contributed by atoms with Gasteiger partial charge in [0.1, 0.15) is 6.04 Å². The van der Waals surface area contributed by atoms with Gasteiger partial charge in [-0.2, -0.15) is 4.31 Å². The second kappa shape index (κ2) is 6.31. The van der Waals surface area contributed by atoms with Gasteiger partial charge < -0.3 is 9.84 Å². The molecule has 1 aliphatic carbocycles. The summed E-state index contributed by atoms with van der Waals surface area (Å²) in [6.45, 7) is 1.69. The number of hydrogen-bond donors (Lipinski definition) is 1. The number of ether oxygens (including phenoxy) is 1. The molecule has 21 heavy (non-hydrogen) atoms. The van der Waals surface area contributed by atoms with Gasteiger partial charge in [-0.15, -0.1) is 0 Å². The Balaban J connectivity index is 2.24. The Hall–Kier alpha value is -1.15. The third-order valence-corrected chi connectivity index (χ3v) is 6.01. The van der Waals surface area contributed by atoms with Gasteiger partial charge in [0.2, 0.25) is 10.0 Å². The number of esters is 1. The molecule has 0 radical (unpaired) electrons. The minimum Gasteiger partial charge on any atom is -0.480 e. The maximum atomic E-state index is 12.4. The van der Waals surface area contributed by atoms with Crippen LogP contribution >= 0.6 is 0 Å². The molecule has 0 spiro atoms. The van der Waals surface area contributed by atoms with E-state index in [1.165, 1.54) is 0 Å². The first-order valence-electron chi connectivity index (χ1n) is 7.26. The second-order valence-electron chi connectivity index (χ2n) is 5.59. The van der Waals surface area contributed by atoms with Crippen LogP contribution < -0.4 is 0 Å². The first kappa shape index (κ1) is 16.2. The van der Waals surface area contributed by atoms with Crippen LogP contribution in [0.1, 0.15) is 39.0 Å². The van der Waals surface area contributed by atoms with Crippen molar-refractivity contribution in [2.45, 2.75) is 51.1 Å². The second-order valence-corrected chi connectivity index (χ2v) is 7.47. The van der Waals surface area contributed by atoms with Gasteiger partial charge in [0.25, 0.3) is 0 Å². The summed E-state index contributed by atoms with van der Waals surface area (Å²) in [4.78, 5) is 22.9. The lowest BCUT2D eigenvalue weighted by molar-refractivity contribution is -0.142. The van der Waals surface area contributed by atoms with Crippen molar-refractivity contribution < 1.29 is 27.9 Å². The summed E-state index contributed by atoms with van der Waals surface area (Å²) in [6.07, 6.45) is 3.73. The van der Waals surface area contributed by atoms with E-state index in [-0.39, 0.29) is 18.6 Å². The zero-order valence-corrected chi connectivity index (χ0v) is 12.8. The predicted molar refractivity (Wildman–Crippen MR) is 74.0 cm³/mol. The average molecular weight is 319 g/mol. The minimum atomic E-state index is -3.97. The Morgan fingerprint density at radius 3 is 2.57 bits per heavy atom. The van der Waals surface area contributed by atoms with Crippen molar-refractivity contribution in [2.75, 3.05) is 12.4 Å². The zero-order valence-electron chi connectivity index (χ0n) is 12.0.